The van der Waals surface area contributed by atoms with Crippen LogP contribution >= 0.6 is 0 Å². The highest BCUT2D eigenvalue weighted by atomic mass is 16.5. The second-order valence-electron chi connectivity index (χ2n) is 11.7. The van der Waals surface area contributed by atoms with E-state index < -0.39 is 17.9 Å². The number of hydrogen-bond acceptors (Lipinski definition) is 10. The molecule has 0 aliphatic carbocycles. The second kappa shape index (κ2) is 21.3. The number of benzene rings is 4. The molecule has 10 heteroatoms. The minimum absolute atomic E-state index is 0.225. The maximum Gasteiger partial charge on any atom is 0.343 e. The Morgan fingerprint density at radius 3 is 1.58 bits per heavy atom. The summed E-state index contributed by atoms with van der Waals surface area (Å²) in [5, 5.41) is 1.21. The average Bonchev–Trinajstić information content (AvgIpc) is 3.18. The zero-order valence-corrected chi connectivity index (χ0v) is 29.2. The molecule has 52 heavy (non-hydrogen) atoms. The number of esters is 3. The predicted octanol–water partition coefficient (Wildman–Crippen LogP) is 9.00. The molecule has 10 nitrogen and oxygen atoms in total. The van der Waals surface area contributed by atoms with Gasteiger partial charge in [-0.3, -0.25) is 4.79 Å². The molecule has 0 spiro atoms. The summed E-state index contributed by atoms with van der Waals surface area (Å²) in [4.78, 5) is 47.5. The Morgan fingerprint density at radius 1 is 0.577 bits per heavy atom. The molecular weight excluding hydrogens is 664 g/mol. The van der Waals surface area contributed by atoms with Gasteiger partial charge < -0.3 is 28.4 Å². The van der Waals surface area contributed by atoms with E-state index in [4.69, 9.17) is 28.4 Å². The minimum Gasteiger partial charge on any atom is -0.494 e. The maximum atomic E-state index is 13.2. The van der Waals surface area contributed by atoms with Crippen molar-refractivity contribution >= 4 is 35.0 Å². The highest BCUT2D eigenvalue weighted by Crippen LogP contribution is 2.39. The number of aldehydes is 1. The molecule has 0 aliphatic heterocycles. The molecule has 0 aromatic heterocycles. The predicted molar refractivity (Wildman–Crippen MR) is 197 cm³/mol. The van der Waals surface area contributed by atoms with E-state index >= 15 is 0 Å². The summed E-state index contributed by atoms with van der Waals surface area (Å²) in [5.74, 6) is 1.00. The van der Waals surface area contributed by atoms with Crippen LogP contribution in [0.5, 0.6) is 28.7 Å². The Kier molecular flexibility index (Phi) is 16.0. The number of hydrogen-bond donors (Lipinski definition) is 0. The van der Waals surface area contributed by atoms with Crippen molar-refractivity contribution in [1.29, 1.82) is 0 Å². The van der Waals surface area contributed by atoms with Gasteiger partial charge >= 0.3 is 17.9 Å². The van der Waals surface area contributed by atoms with Crippen molar-refractivity contribution in [1.82, 2.24) is 0 Å². The Balaban J connectivity index is 1.28. The molecule has 0 aliphatic rings. The van der Waals surface area contributed by atoms with Crippen molar-refractivity contribution in [3.8, 4) is 28.7 Å². The van der Waals surface area contributed by atoms with Crippen LogP contribution in [-0.4, -0.2) is 50.6 Å². The third kappa shape index (κ3) is 12.5. The van der Waals surface area contributed by atoms with E-state index in [1.54, 1.807) is 60.7 Å². The van der Waals surface area contributed by atoms with E-state index in [2.05, 4.69) is 13.2 Å². The van der Waals surface area contributed by atoms with E-state index in [0.29, 0.717) is 72.0 Å². The highest BCUT2D eigenvalue weighted by Gasteiger charge is 2.18. The fourth-order valence-corrected chi connectivity index (χ4v) is 5.15. The molecule has 0 N–H and O–H groups in total. The number of carbonyl (C=O) groups excluding carboxylic acids is 4. The lowest BCUT2D eigenvalue weighted by molar-refractivity contribution is -0.138. The average molecular weight is 709 g/mol. The molecule has 0 radical (unpaired) electrons. The summed E-state index contributed by atoms with van der Waals surface area (Å²) in [5.41, 5.74) is 0.551. The van der Waals surface area contributed by atoms with Gasteiger partial charge in [-0.05, 0) is 106 Å². The van der Waals surface area contributed by atoms with E-state index in [1.807, 2.05) is 12.1 Å². The van der Waals surface area contributed by atoms with Gasteiger partial charge in [-0.2, -0.15) is 0 Å². The molecule has 0 amide bonds. The molecule has 0 fully saturated rings. The second-order valence-corrected chi connectivity index (χ2v) is 11.7. The number of carbonyl (C=O) groups is 4. The fraction of sp³-hybridized carbons (Fsp3) is 0.286. The zero-order chi connectivity index (χ0) is 37.0. The van der Waals surface area contributed by atoms with Gasteiger partial charge in [-0.25, -0.2) is 14.4 Å². The van der Waals surface area contributed by atoms with Crippen molar-refractivity contribution in [2.75, 3.05) is 26.4 Å². The fourth-order valence-electron chi connectivity index (χ4n) is 5.15. The topological polar surface area (TPSA) is 124 Å². The summed E-state index contributed by atoms with van der Waals surface area (Å²) in [6.07, 6.45) is 9.97. The molecule has 4 aromatic carbocycles. The first-order valence-electron chi connectivity index (χ1n) is 17.4. The van der Waals surface area contributed by atoms with E-state index in [0.717, 1.165) is 63.5 Å². The summed E-state index contributed by atoms with van der Waals surface area (Å²) >= 11 is 0. The monoisotopic (exact) mass is 708 g/mol. The minimum atomic E-state index is -0.580. The van der Waals surface area contributed by atoms with Crippen molar-refractivity contribution in [2.24, 2.45) is 0 Å². The SMILES string of the molecule is C=CC(=O)OCCCCCCOc1ccc(Oc2c(C=O)cc(OC(=O)c3ccc(OCCCCCCOC(=O)C=C)cc3)c3ccccc23)cc1. The van der Waals surface area contributed by atoms with Gasteiger partial charge in [0.1, 0.15) is 28.7 Å². The maximum absolute atomic E-state index is 13.2. The Bertz CT molecular complexity index is 1790. The van der Waals surface area contributed by atoms with Crippen molar-refractivity contribution in [3.05, 3.63) is 115 Å². The third-order valence-electron chi connectivity index (χ3n) is 7.89. The van der Waals surface area contributed by atoms with Gasteiger partial charge in [0.2, 0.25) is 0 Å². The first kappa shape index (κ1) is 38.9. The molecule has 0 saturated heterocycles. The van der Waals surface area contributed by atoms with Crippen LogP contribution in [-0.2, 0) is 19.1 Å². The van der Waals surface area contributed by atoms with Crippen LogP contribution in [0.2, 0.25) is 0 Å². The van der Waals surface area contributed by atoms with Crippen LogP contribution in [0.4, 0.5) is 0 Å². The number of ether oxygens (including phenoxy) is 6. The Morgan fingerprint density at radius 2 is 1.06 bits per heavy atom. The summed E-state index contributed by atoms with van der Waals surface area (Å²) < 4.78 is 33.6. The standard InChI is InChI=1S/C42H44O10/c1-3-39(44)49-27-13-7-5-11-25-47-33-19-17-31(18-20-33)42(46)52-38-29-32(30-43)41(37-16-10-9-15-36(37)38)51-35-23-21-34(22-24-35)48-26-12-6-8-14-28-50-40(45)4-2/h3-4,9-10,15-24,29-30H,1-2,5-8,11-14,25-28H2. The molecule has 4 rings (SSSR count). The van der Waals surface area contributed by atoms with Crippen LogP contribution in [0, 0.1) is 0 Å². The van der Waals surface area contributed by atoms with Gasteiger partial charge in [0, 0.05) is 22.9 Å². The largest absolute Gasteiger partial charge is 0.494 e. The summed E-state index contributed by atoms with van der Waals surface area (Å²) in [7, 11) is 0. The van der Waals surface area contributed by atoms with E-state index in [-0.39, 0.29) is 11.3 Å². The van der Waals surface area contributed by atoms with Gasteiger partial charge in [0.25, 0.3) is 0 Å². The lowest BCUT2D eigenvalue weighted by Gasteiger charge is -2.15. The smallest absolute Gasteiger partial charge is 0.343 e. The first-order valence-corrected chi connectivity index (χ1v) is 17.4. The van der Waals surface area contributed by atoms with Crippen LogP contribution in [0.25, 0.3) is 10.8 Å². The van der Waals surface area contributed by atoms with Gasteiger partial charge in [0.15, 0.2) is 6.29 Å². The molecule has 272 valence electrons. The third-order valence-corrected chi connectivity index (χ3v) is 7.89. The Labute approximate surface area is 303 Å². The van der Waals surface area contributed by atoms with Crippen molar-refractivity contribution < 1.29 is 47.6 Å². The van der Waals surface area contributed by atoms with Crippen molar-refractivity contribution in [3.63, 3.8) is 0 Å². The highest BCUT2D eigenvalue weighted by molar-refractivity contribution is 6.02. The molecule has 0 atom stereocenters. The summed E-state index contributed by atoms with van der Waals surface area (Å²) in [6, 6.07) is 22.6. The van der Waals surface area contributed by atoms with Crippen LogP contribution in [0.1, 0.15) is 72.1 Å². The lowest BCUT2D eigenvalue weighted by atomic mass is 10.0. The van der Waals surface area contributed by atoms with Crippen LogP contribution < -0.4 is 18.9 Å². The Hall–Kier alpha value is -5.90. The molecule has 0 heterocycles. The normalized spacial score (nSPS) is 10.5. The van der Waals surface area contributed by atoms with Crippen LogP contribution in [0.3, 0.4) is 0 Å². The van der Waals surface area contributed by atoms with E-state index in [1.165, 1.54) is 6.07 Å². The molecule has 0 unspecified atom stereocenters. The molecule has 0 saturated carbocycles. The number of rotatable bonds is 23. The van der Waals surface area contributed by atoms with E-state index in [9.17, 15) is 19.2 Å². The van der Waals surface area contributed by atoms with Crippen molar-refractivity contribution in [2.45, 2.75) is 51.4 Å². The van der Waals surface area contributed by atoms with Gasteiger partial charge in [-0.1, -0.05) is 37.4 Å². The number of fused-ring (bicyclic) bond motifs is 1. The lowest BCUT2D eigenvalue weighted by Crippen LogP contribution is -2.09. The first-order chi connectivity index (χ1) is 25.4. The molecule has 0 bridgehead atoms. The number of unbranched alkanes of at least 4 members (excludes halogenated alkanes) is 6. The molecule has 4 aromatic rings. The van der Waals surface area contributed by atoms with Crippen LogP contribution in [0.15, 0.2) is 104 Å². The zero-order valence-electron chi connectivity index (χ0n) is 29.2. The van der Waals surface area contributed by atoms with Gasteiger partial charge in [0.05, 0.1) is 37.6 Å². The molecular formula is C42H44O10. The summed E-state index contributed by atoms with van der Waals surface area (Å²) in [6.45, 7) is 8.57. The van der Waals surface area contributed by atoms with Gasteiger partial charge in [-0.15, -0.1) is 0 Å². The quantitative estimate of drug-likeness (QED) is 0.0242.